The largest absolute Gasteiger partial charge is 0.346 e. The lowest BCUT2D eigenvalue weighted by atomic mass is 9.93. The summed E-state index contributed by atoms with van der Waals surface area (Å²) in [5.74, 6) is -7.27. The van der Waals surface area contributed by atoms with Crippen LogP contribution in [0.5, 0.6) is 0 Å². The highest BCUT2D eigenvalue weighted by Gasteiger charge is 2.68. The van der Waals surface area contributed by atoms with E-state index >= 15 is 17.6 Å². The van der Waals surface area contributed by atoms with Gasteiger partial charge in [-0.3, -0.25) is 18.9 Å². The lowest BCUT2D eigenvalue weighted by Gasteiger charge is -2.23. The topological polar surface area (TPSA) is 158 Å². The van der Waals surface area contributed by atoms with E-state index in [4.69, 9.17) is 16.6 Å². The normalized spacial score (nSPS) is 18.5. The molecule has 0 aliphatic heterocycles. The third-order valence-corrected chi connectivity index (χ3v) is 16.2. The minimum atomic E-state index is -3.87. The van der Waals surface area contributed by atoms with Crippen molar-refractivity contribution in [3.8, 4) is 23.0 Å². The Balaban J connectivity index is 1.29. The molecule has 3 atom stereocenters. The van der Waals surface area contributed by atoms with Crippen LogP contribution < -0.4 is 10.0 Å². The summed E-state index contributed by atoms with van der Waals surface area (Å²) in [6.07, 6.45) is 0.833. The number of sulfone groups is 1. The second-order valence-corrected chi connectivity index (χ2v) is 21.9. The minimum Gasteiger partial charge on any atom is -0.346 e. The third-order valence-electron chi connectivity index (χ3n) is 11.8. The number of carbonyl (C=O) groups is 1. The summed E-state index contributed by atoms with van der Waals surface area (Å²) in [6, 6.07) is 7.24. The number of sulfonamides is 1. The highest BCUT2D eigenvalue weighted by atomic mass is 35.5. The van der Waals surface area contributed by atoms with Crippen LogP contribution in [0.1, 0.15) is 85.9 Å². The van der Waals surface area contributed by atoms with E-state index in [0.717, 1.165) is 12.1 Å². The second kappa shape index (κ2) is 15.7. The number of benzene rings is 2. The van der Waals surface area contributed by atoms with E-state index in [1.807, 2.05) is 0 Å². The van der Waals surface area contributed by atoms with Gasteiger partial charge in [0.2, 0.25) is 15.9 Å². The van der Waals surface area contributed by atoms with Crippen LogP contribution in [-0.2, 0) is 56.5 Å². The Hall–Kier alpha value is -5.39. The number of allylic oxidation sites excluding steroid dienone is 1. The molecule has 3 aliphatic carbocycles. The molecule has 0 spiro atoms. The van der Waals surface area contributed by atoms with Crippen molar-refractivity contribution in [3.05, 3.63) is 106 Å². The van der Waals surface area contributed by atoms with Gasteiger partial charge in [-0.05, 0) is 100 Å². The van der Waals surface area contributed by atoms with Crippen LogP contribution in [-0.4, -0.2) is 63.0 Å². The summed E-state index contributed by atoms with van der Waals surface area (Å²) in [6.45, 7) is 6.48. The highest BCUT2D eigenvalue weighted by molar-refractivity contribution is 7.94. The number of nitrogens with one attached hydrogen (secondary N) is 2. The zero-order valence-electron chi connectivity index (χ0n) is 34.6. The molecule has 12 nitrogen and oxygen atoms in total. The van der Waals surface area contributed by atoms with Crippen LogP contribution in [0.3, 0.4) is 0 Å². The van der Waals surface area contributed by atoms with Gasteiger partial charge in [0.25, 0.3) is 5.92 Å². The van der Waals surface area contributed by atoms with E-state index in [1.165, 1.54) is 50.7 Å². The first-order valence-corrected chi connectivity index (χ1v) is 23.7. The van der Waals surface area contributed by atoms with Crippen LogP contribution in [0.25, 0.3) is 22.0 Å². The molecule has 8 rings (SSSR count). The number of nitrogens with zero attached hydrogens (tertiary/aromatic N) is 5. The first kappa shape index (κ1) is 45.2. The summed E-state index contributed by atoms with van der Waals surface area (Å²) in [5, 5.41) is 10.6. The van der Waals surface area contributed by atoms with Crippen LogP contribution in [0.15, 0.2) is 55.1 Å². The number of hydrogen-bond acceptors (Lipinski definition) is 8. The van der Waals surface area contributed by atoms with Gasteiger partial charge in [-0.1, -0.05) is 30.2 Å². The molecule has 0 saturated heterocycles. The molecule has 1 amide bonds. The van der Waals surface area contributed by atoms with Crippen molar-refractivity contribution in [2.75, 3.05) is 10.5 Å². The van der Waals surface area contributed by atoms with Crippen molar-refractivity contribution in [2.45, 2.75) is 86.8 Å². The summed E-state index contributed by atoms with van der Waals surface area (Å²) in [7, 11) is -6.04. The Bertz CT molecular complexity index is 3060. The Morgan fingerprint density at radius 2 is 1.73 bits per heavy atom. The number of alkyl halides is 4. The maximum atomic E-state index is 15.7. The van der Waals surface area contributed by atoms with Crippen molar-refractivity contribution in [1.82, 2.24) is 29.9 Å². The van der Waals surface area contributed by atoms with Gasteiger partial charge in [0.05, 0.1) is 38.7 Å². The number of pyridine rings is 1. The molecule has 3 aromatic heterocycles. The number of carbonyl (C=O) groups excluding carboxylic acids is 1. The van der Waals surface area contributed by atoms with E-state index < -0.39 is 101 Å². The second-order valence-electron chi connectivity index (χ2n) is 16.7. The predicted octanol–water partition coefficient (Wildman–Crippen LogP) is 7.82. The zero-order valence-corrected chi connectivity index (χ0v) is 37.0. The van der Waals surface area contributed by atoms with E-state index in [9.17, 15) is 30.4 Å². The van der Waals surface area contributed by atoms with E-state index in [1.54, 1.807) is 6.07 Å². The fourth-order valence-corrected chi connectivity index (χ4v) is 10.9. The molecule has 64 heavy (non-hydrogen) atoms. The zero-order chi connectivity index (χ0) is 46.5. The maximum Gasteiger partial charge on any atom is 0.309 e. The smallest absolute Gasteiger partial charge is 0.309 e. The summed E-state index contributed by atoms with van der Waals surface area (Å²) in [4.78, 5) is 19.0. The number of anilines is 1. The van der Waals surface area contributed by atoms with Crippen molar-refractivity contribution in [1.29, 1.82) is 0 Å². The van der Waals surface area contributed by atoms with Gasteiger partial charge in [-0.25, -0.2) is 30.6 Å². The third kappa shape index (κ3) is 8.03. The standard InChI is InChI=1S/C43H40ClF6N7O5S2/c1-6-42(47,48)38-34-29-20-30(29)43(49,50)39(34)57(53-38)21-33(58)52-32(18-22-16-23(45)19-24(46)17-22)36-27(11-8-25(51-36)14-15-41(3,4)64(61,62)26-9-10-26)28-12-13-31(44)35-37(28)56(5)54-40(35)55-63(59,60)7-2/h6,8,11-13,16-17,19,26,29-30,32H,1,7,9-10,18,20-21H2,2-5H3,(H,52,58)(H,54,55)/t29-,30?,32-/m0/s1. The molecule has 2 N–H and O–H groups in total. The lowest BCUT2D eigenvalue weighted by Crippen LogP contribution is -2.35. The fraction of sp³-hybridized carbons (Fsp3) is 0.395. The first-order chi connectivity index (χ1) is 29.9. The molecule has 1 unspecified atom stereocenters. The molecule has 2 aromatic carbocycles. The van der Waals surface area contributed by atoms with Gasteiger partial charge in [0, 0.05) is 35.7 Å². The van der Waals surface area contributed by atoms with E-state index in [2.05, 4.69) is 38.7 Å². The number of hydrogen-bond donors (Lipinski definition) is 2. The number of halogens is 7. The average Bonchev–Trinajstić information content (AvgIpc) is 4.14. The monoisotopic (exact) mass is 947 g/mol. The Labute approximate surface area is 369 Å². The van der Waals surface area contributed by atoms with Gasteiger partial charge < -0.3 is 5.32 Å². The van der Waals surface area contributed by atoms with Crippen LogP contribution in [0.4, 0.5) is 32.2 Å². The van der Waals surface area contributed by atoms with Gasteiger partial charge in [0.15, 0.2) is 15.7 Å². The average molecular weight is 948 g/mol. The van der Waals surface area contributed by atoms with E-state index in [0.29, 0.717) is 29.2 Å². The number of amides is 1. The van der Waals surface area contributed by atoms with Gasteiger partial charge in [-0.15, -0.1) is 0 Å². The number of rotatable bonds is 14. The minimum absolute atomic E-state index is 0.00116. The maximum absolute atomic E-state index is 15.7. The Kier molecular flexibility index (Phi) is 11.1. The molecule has 3 aliphatic rings. The van der Waals surface area contributed by atoms with Crippen molar-refractivity contribution in [3.63, 3.8) is 0 Å². The molecular weight excluding hydrogens is 908 g/mol. The molecule has 2 fully saturated rings. The first-order valence-electron chi connectivity index (χ1n) is 20.1. The van der Waals surface area contributed by atoms with Crippen LogP contribution >= 0.6 is 11.6 Å². The molecule has 0 bridgehead atoms. The molecule has 21 heteroatoms. The summed E-state index contributed by atoms with van der Waals surface area (Å²) >= 11 is 6.66. The van der Waals surface area contributed by atoms with Gasteiger partial charge in [-0.2, -0.15) is 27.8 Å². The number of fused-ring (bicyclic) bond motifs is 4. The van der Waals surface area contributed by atoms with Crippen molar-refractivity contribution in [2.24, 2.45) is 13.0 Å². The SMILES string of the molecule is C=CC(F)(F)c1nn(CC(=O)N[C@@H](Cc2cc(F)cc(F)c2)c2nc(C#CC(C)(C)S(=O)(=O)C3CC3)ccc2-c2ccc(Cl)c3c(NS(=O)(=O)CC)nn(C)c23)c2c1[C@H]1CC1C2(F)F. The van der Waals surface area contributed by atoms with Gasteiger partial charge >= 0.3 is 5.92 Å². The number of aromatic nitrogens is 5. The molecule has 3 heterocycles. The van der Waals surface area contributed by atoms with E-state index in [-0.39, 0.29) is 68.1 Å². The van der Waals surface area contributed by atoms with Crippen molar-refractivity contribution >= 4 is 54.1 Å². The molecule has 5 aromatic rings. The summed E-state index contributed by atoms with van der Waals surface area (Å²) < 4.78 is 146. The van der Waals surface area contributed by atoms with Gasteiger partial charge in [0.1, 0.15) is 40.0 Å². The van der Waals surface area contributed by atoms with Crippen LogP contribution in [0, 0.1) is 29.4 Å². The molecular formula is C43H40ClF6N7O5S2. The number of aryl methyl sites for hydroxylation is 1. The molecule has 338 valence electrons. The van der Waals surface area contributed by atoms with Crippen LogP contribution in [0.2, 0.25) is 5.02 Å². The lowest BCUT2D eigenvalue weighted by molar-refractivity contribution is -0.123. The fourth-order valence-electron chi connectivity index (χ4n) is 8.29. The highest BCUT2D eigenvalue weighted by Crippen LogP contribution is 2.68. The van der Waals surface area contributed by atoms with Crippen molar-refractivity contribution < 1.29 is 48.0 Å². The Morgan fingerprint density at radius 3 is 2.38 bits per heavy atom. The molecule has 0 radical (unpaired) electrons. The molecule has 2 saturated carbocycles. The quantitative estimate of drug-likeness (QED) is 0.0649. The summed E-state index contributed by atoms with van der Waals surface area (Å²) in [5.41, 5.74) is -1.35. The Morgan fingerprint density at radius 1 is 1.06 bits per heavy atom. The predicted molar refractivity (Wildman–Crippen MR) is 227 cm³/mol.